The van der Waals surface area contributed by atoms with E-state index in [1.165, 1.54) is 24.7 Å². The van der Waals surface area contributed by atoms with Crippen LogP contribution in [0, 0.1) is 5.82 Å². The summed E-state index contributed by atoms with van der Waals surface area (Å²) in [7, 11) is 0. The Hall–Kier alpha value is -2.47. The second-order valence-corrected chi connectivity index (χ2v) is 4.95. The first-order chi connectivity index (χ1) is 10.7. The Labute approximate surface area is 131 Å². The van der Waals surface area contributed by atoms with Gasteiger partial charge in [0, 0.05) is 18.5 Å². The maximum atomic E-state index is 12.9. The Morgan fingerprint density at radius 2 is 2.05 bits per heavy atom. The second-order valence-electron chi connectivity index (χ2n) is 4.55. The van der Waals surface area contributed by atoms with Crippen LogP contribution in [0.25, 0.3) is 11.5 Å². The summed E-state index contributed by atoms with van der Waals surface area (Å²) in [6, 6.07) is 6.00. The van der Waals surface area contributed by atoms with Crippen LogP contribution in [0.2, 0.25) is 5.02 Å². The van der Waals surface area contributed by atoms with Gasteiger partial charge in [0.05, 0.1) is 11.9 Å². The van der Waals surface area contributed by atoms with Crippen LogP contribution in [0.3, 0.4) is 0 Å². The monoisotopic (exact) mass is 318 g/mol. The van der Waals surface area contributed by atoms with Gasteiger partial charge in [0.25, 0.3) is 0 Å². The van der Waals surface area contributed by atoms with Crippen molar-refractivity contribution in [2.24, 2.45) is 0 Å². The van der Waals surface area contributed by atoms with Crippen molar-refractivity contribution in [3.63, 3.8) is 0 Å². The highest BCUT2D eigenvalue weighted by molar-refractivity contribution is 6.32. The first kappa shape index (κ1) is 14.5. The number of aromatic nitrogens is 3. The molecule has 0 fully saturated rings. The van der Waals surface area contributed by atoms with E-state index in [4.69, 9.17) is 16.0 Å². The third-order valence-corrected chi connectivity index (χ3v) is 3.26. The molecule has 5 nitrogen and oxygen atoms in total. The Bertz CT molecular complexity index is 760. The molecule has 0 aliphatic heterocycles. The third kappa shape index (κ3) is 3.40. The number of hydrogen-bond acceptors (Lipinski definition) is 5. The SMILES string of the molecule is Fc1ccc(-c2nc(CCNc3ncncc3Cl)co2)cc1. The fraction of sp³-hybridized carbons (Fsp3) is 0.133. The molecule has 0 unspecified atom stereocenters. The molecule has 112 valence electrons. The second kappa shape index (κ2) is 6.53. The van der Waals surface area contributed by atoms with E-state index >= 15 is 0 Å². The van der Waals surface area contributed by atoms with Gasteiger partial charge in [0.1, 0.15) is 29.2 Å². The van der Waals surface area contributed by atoms with E-state index in [9.17, 15) is 4.39 Å². The van der Waals surface area contributed by atoms with E-state index in [0.717, 1.165) is 11.3 Å². The molecule has 1 N–H and O–H groups in total. The average Bonchev–Trinajstić information content (AvgIpc) is 2.99. The van der Waals surface area contributed by atoms with Gasteiger partial charge in [-0.1, -0.05) is 11.6 Å². The third-order valence-electron chi connectivity index (χ3n) is 2.98. The van der Waals surface area contributed by atoms with Crippen LogP contribution >= 0.6 is 11.6 Å². The number of rotatable bonds is 5. The van der Waals surface area contributed by atoms with Gasteiger partial charge in [-0.2, -0.15) is 0 Å². The van der Waals surface area contributed by atoms with Gasteiger partial charge in [-0.3, -0.25) is 0 Å². The summed E-state index contributed by atoms with van der Waals surface area (Å²) in [5, 5.41) is 3.57. The first-order valence-corrected chi connectivity index (χ1v) is 7.00. The molecule has 0 atom stereocenters. The van der Waals surface area contributed by atoms with Crippen molar-refractivity contribution in [3.05, 3.63) is 59.6 Å². The molecule has 0 saturated carbocycles. The lowest BCUT2D eigenvalue weighted by Crippen LogP contribution is -2.07. The van der Waals surface area contributed by atoms with Crippen LogP contribution in [0.5, 0.6) is 0 Å². The standard InChI is InChI=1S/C15H12ClFN4O/c16-13-7-18-9-20-14(13)19-6-5-12-8-22-15(21-12)10-1-3-11(17)4-2-10/h1-4,7-9H,5-6H2,(H,18,19,20). The van der Waals surface area contributed by atoms with Crippen LogP contribution in [-0.2, 0) is 6.42 Å². The lowest BCUT2D eigenvalue weighted by atomic mass is 10.2. The molecular weight excluding hydrogens is 307 g/mol. The largest absolute Gasteiger partial charge is 0.444 e. The molecule has 1 aromatic carbocycles. The van der Waals surface area contributed by atoms with Gasteiger partial charge in [0.15, 0.2) is 0 Å². The number of oxazole rings is 1. The summed E-state index contributed by atoms with van der Waals surface area (Å²) in [5.74, 6) is 0.760. The predicted octanol–water partition coefficient (Wildman–Crippen LogP) is 3.58. The van der Waals surface area contributed by atoms with Crippen LogP contribution in [0.4, 0.5) is 10.2 Å². The molecule has 0 aliphatic carbocycles. The number of benzene rings is 1. The van der Waals surface area contributed by atoms with Crippen molar-refractivity contribution in [2.75, 3.05) is 11.9 Å². The topological polar surface area (TPSA) is 63.8 Å². The van der Waals surface area contributed by atoms with E-state index < -0.39 is 0 Å². The Morgan fingerprint density at radius 3 is 2.82 bits per heavy atom. The maximum absolute atomic E-state index is 12.9. The highest BCUT2D eigenvalue weighted by Gasteiger charge is 2.07. The van der Waals surface area contributed by atoms with Gasteiger partial charge in [-0.05, 0) is 24.3 Å². The fourth-order valence-corrected chi connectivity index (χ4v) is 2.07. The van der Waals surface area contributed by atoms with Crippen LogP contribution in [0.15, 0.2) is 47.5 Å². The van der Waals surface area contributed by atoms with Crippen molar-refractivity contribution in [1.82, 2.24) is 15.0 Å². The highest BCUT2D eigenvalue weighted by Crippen LogP contribution is 2.19. The summed E-state index contributed by atoms with van der Waals surface area (Å²) in [5.41, 5.74) is 1.52. The van der Waals surface area contributed by atoms with Crippen LogP contribution in [-0.4, -0.2) is 21.5 Å². The number of halogens is 2. The summed E-state index contributed by atoms with van der Waals surface area (Å²) in [6.45, 7) is 0.603. The van der Waals surface area contributed by atoms with Gasteiger partial charge >= 0.3 is 0 Å². The molecule has 7 heteroatoms. The number of nitrogens with zero attached hydrogens (tertiary/aromatic N) is 3. The first-order valence-electron chi connectivity index (χ1n) is 6.62. The van der Waals surface area contributed by atoms with Crippen LogP contribution < -0.4 is 5.32 Å². The zero-order valence-corrected chi connectivity index (χ0v) is 12.2. The fourth-order valence-electron chi connectivity index (χ4n) is 1.90. The van der Waals surface area contributed by atoms with Crippen molar-refractivity contribution in [3.8, 4) is 11.5 Å². The molecule has 0 saturated heterocycles. The van der Waals surface area contributed by atoms with Crippen molar-refractivity contribution < 1.29 is 8.81 Å². The maximum Gasteiger partial charge on any atom is 0.226 e. The normalized spacial score (nSPS) is 10.6. The number of anilines is 1. The van der Waals surface area contributed by atoms with E-state index in [0.29, 0.717) is 29.7 Å². The minimum Gasteiger partial charge on any atom is -0.444 e. The summed E-state index contributed by atoms with van der Waals surface area (Å²) in [4.78, 5) is 12.2. The molecule has 2 heterocycles. The van der Waals surface area contributed by atoms with E-state index in [1.807, 2.05) is 0 Å². The quantitative estimate of drug-likeness (QED) is 0.779. The van der Waals surface area contributed by atoms with Gasteiger partial charge in [0.2, 0.25) is 5.89 Å². The van der Waals surface area contributed by atoms with Gasteiger partial charge < -0.3 is 9.73 Å². The minimum absolute atomic E-state index is 0.290. The molecule has 3 rings (SSSR count). The molecule has 0 amide bonds. The number of hydrogen-bond donors (Lipinski definition) is 1. The molecular formula is C15H12ClFN4O. The highest BCUT2D eigenvalue weighted by atomic mass is 35.5. The summed E-state index contributed by atoms with van der Waals surface area (Å²) < 4.78 is 18.3. The Kier molecular flexibility index (Phi) is 4.29. The Morgan fingerprint density at radius 1 is 1.23 bits per heavy atom. The Balaban J connectivity index is 1.60. The zero-order chi connectivity index (χ0) is 15.4. The molecule has 2 aromatic heterocycles. The molecule has 0 radical (unpaired) electrons. The molecule has 0 bridgehead atoms. The lowest BCUT2D eigenvalue weighted by molar-refractivity contribution is 0.572. The summed E-state index contributed by atoms with van der Waals surface area (Å²) >= 11 is 5.95. The molecule has 0 spiro atoms. The lowest BCUT2D eigenvalue weighted by Gasteiger charge is -2.04. The van der Waals surface area contributed by atoms with E-state index in [2.05, 4.69) is 20.3 Å². The van der Waals surface area contributed by atoms with Crippen LogP contribution in [0.1, 0.15) is 5.69 Å². The number of nitrogens with one attached hydrogen (secondary N) is 1. The molecule has 22 heavy (non-hydrogen) atoms. The molecule has 0 aliphatic rings. The zero-order valence-electron chi connectivity index (χ0n) is 11.5. The molecule has 3 aromatic rings. The van der Waals surface area contributed by atoms with Gasteiger partial charge in [-0.25, -0.2) is 19.3 Å². The van der Waals surface area contributed by atoms with Crippen molar-refractivity contribution in [2.45, 2.75) is 6.42 Å². The summed E-state index contributed by atoms with van der Waals surface area (Å²) in [6.07, 6.45) is 5.18. The van der Waals surface area contributed by atoms with E-state index in [-0.39, 0.29) is 5.82 Å². The van der Waals surface area contributed by atoms with Crippen molar-refractivity contribution in [1.29, 1.82) is 0 Å². The smallest absolute Gasteiger partial charge is 0.226 e. The van der Waals surface area contributed by atoms with E-state index in [1.54, 1.807) is 18.4 Å². The predicted molar refractivity (Wildman–Crippen MR) is 81.1 cm³/mol. The van der Waals surface area contributed by atoms with Crippen molar-refractivity contribution >= 4 is 17.4 Å². The minimum atomic E-state index is -0.290. The average molecular weight is 319 g/mol. The van der Waals surface area contributed by atoms with Gasteiger partial charge in [-0.15, -0.1) is 0 Å².